The molecule has 54 heavy (non-hydrogen) atoms. The smallest absolute Gasteiger partial charge is 0.225 e. The van der Waals surface area contributed by atoms with Crippen molar-refractivity contribution in [3.63, 3.8) is 0 Å². The summed E-state index contributed by atoms with van der Waals surface area (Å²) in [5.41, 5.74) is 2.73. The first-order valence-electron chi connectivity index (χ1n) is 18.0. The maximum absolute atomic E-state index is 14.9. The van der Waals surface area contributed by atoms with Crippen molar-refractivity contribution in [3.05, 3.63) is 172 Å². The maximum atomic E-state index is 14.9. The Balaban J connectivity index is 1.46. The number of methoxy groups -OCH3 is 1. The van der Waals surface area contributed by atoms with Crippen LogP contribution in [0, 0.1) is 5.82 Å². The van der Waals surface area contributed by atoms with Gasteiger partial charge in [0.25, 0.3) is 0 Å². The lowest BCUT2D eigenvalue weighted by molar-refractivity contribution is -0.417. The zero-order valence-electron chi connectivity index (χ0n) is 30.4. The fourth-order valence-corrected chi connectivity index (χ4v) is 7.06. The van der Waals surface area contributed by atoms with E-state index in [4.69, 9.17) is 40.0 Å². The molecular formula is C44H46ClFO8. The van der Waals surface area contributed by atoms with E-state index in [0.717, 1.165) is 16.7 Å². The predicted molar refractivity (Wildman–Crippen MR) is 204 cm³/mol. The summed E-state index contributed by atoms with van der Waals surface area (Å²) in [7, 11) is 1.48. The number of halogens is 2. The summed E-state index contributed by atoms with van der Waals surface area (Å²) in [6.45, 7) is 1.29. The molecule has 5 aromatic carbocycles. The topological polar surface area (TPSA) is 95.8 Å². The molecule has 1 fully saturated rings. The molecule has 5 aromatic rings. The number of benzene rings is 5. The summed E-state index contributed by atoms with van der Waals surface area (Å²) < 4.78 is 53.9. The minimum atomic E-state index is -1.78. The normalized spacial score (nSPS) is 20.8. The first kappa shape index (κ1) is 39.5. The number of hydrogen-bond donors (Lipinski definition) is 2. The van der Waals surface area contributed by atoms with Gasteiger partial charge < -0.3 is 38.6 Å². The molecule has 8 nitrogen and oxygen atoms in total. The van der Waals surface area contributed by atoms with Crippen molar-refractivity contribution in [2.75, 3.05) is 26.9 Å². The highest BCUT2D eigenvalue weighted by molar-refractivity contribution is 6.31. The van der Waals surface area contributed by atoms with E-state index in [1.165, 1.54) is 13.2 Å². The minimum absolute atomic E-state index is 0.136. The highest BCUT2D eigenvalue weighted by Crippen LogP contribution is 2.48. The Labute approximate surface area is 321 Å². The summed E-state index contributed by atoms with van der Waals surface area (Å²) in [4.78, 5) is 0. The molecule has 6 rings (SSSR count). The fraction of sp³-hybridized carbons (Fsp3) is 0.318. The minimum Gasteiger partial charge on any atom is -0.491 e. The first-order valence-corrected chi connectivity index (χ1v) is 18.4. The van der Waals surface area contributed by atoms with Gasteiger partial charge in [0.15, 0.2) is 11.6 Å². The third kappa shape index (κ3) is 8.86. The van der Waals surface area contributed by atoms with E-state index in [9.17, 15) is 14.6 Å². The molecule has 284 valence electrons. The molecule has 0 amide bonds. The molecular weight excluding hydrogens is 711 g/mol. The van der Waals surface area contributed by atoms with E-state index in [1.807, 2.05) is 97.1 Å². The van der Waals surface area contributed by atoms with Crippen LogP contribution in [0.15, 0.2) is 127 Å². The van der Waals surface area contributed by atoms with Crippen molar-refractivity contribution < 1.29 is 43.0 Å². The van der Waals surface area contributed by atoms with Gasteiger partial charge in [0.1, 0.15) is 23.9 Å². The van der Waals surface area contributed by atoms with E-state index >= 15 is 0 Å². The van der Waals surface area contributed by atoms with Crippen LogP contribution in [0.1, 0.15) is 40.3 Å². The predicted octanol–water partition coefficient (Wildman–Crippen LogP) is 7.78. The Morgan fingerprint density at radius 3 is 1.76 bits per heavy atom. The molecule has 0 spiro atoms. The van der Waals surface area contributed by atoms with Gasteiger partial charge >= 0.3 is 0 Å². The van der Waals surface area contributed by atoms with E-state index in [2.05, 4.69) is 0 Å². The van der Waals surface area contributed by atoms with Crippen LogP contribution in [0.3, 0.4) is 0 Å². The molecule has 1 saturated heterocycles. The van der Waals surface area contributed by atoms with Crippen LogP contribution in [0.5, 0.6) is 5.75 Å². The van der Waals surface area contributed by atoms with Gasteiger partial charge in [-0.15, -0.1) is 0 Å². The third-order valence-electron chi connectivity index (χ3n) is 9.65. The van der Waals surface area contributed by atoms with Crippen LogP contribution in [-0.4, -0.2) is 61.1 Å². The fourth-order valence-electron chi connectivity index (χ4n) is 6.87. The Morgan fingerprint density at radius 2 is 1.24 bits per heavy atom. The average Bonchev–Trinajstić information content (AvgIpc) is 3.21. The van der Waals surface area contributed by atoms with Gasteiger partial charge in [-0.25, -0.2) is 4.39 Å². The standard InChI is InChI=1S/C44H46ClFO8/c1-3-50-39-22-19-34(24-38(39)46)23-35-25-36(20-21-37(35)45)44(49-2)42(53-28-33-17-11-6-12-18-33)40(51-26-31-13-7-4-8-14-31)41(43(29-47,30-48)54-44)52-27-32-15-9-5-10-16-32/h4-22,24-25,40-42,47-48H,3,23,26-30H2,1-2H3. The van der Waals surface area contributed by atoms with Gasteiger partial charge in [0, 0.05) is 17.7 Å². The van der Waals surface area contributed by atoms with Gasteiger partial charge in [-0.05, 0) is 65.4 Å². The molecule has 1 aliphatic heterocycles. The molecule has 0 radical (unpaired) electrons. The molecule has 2 N–H and O–H groups in total. The molecule has 0 saturated carbocycles. The molecule has 4 atom stereocenters. The van der Waals surface area contributed by atoms with Gasteiger partial charge in [0.2, 0.25) is 5.79 Å². The van der Waals surface area contributed by atoms with Crippen LogP contribution in [0.2, 0.25) is 5.02 Å². The SMILES string of the molecule is CCOc1ccc(Cc2cc(C3(OC)OC(CO)(CO)C(OCc4ccccc4)C(OCc4ccccc4)C3OCc3ccccc3)ccc2Cl)cc1F. The zero-order chi connectivity index (χ0) is 38.0. The molecule has 0 aliphatic carbocycles. The second-order valence-corrected chi connectivity index (χ2v) is 13.6. The molecule has 4 unspecified atom stereocenters. The second-order valence-electron chi connectivity index (χ2n) is 13.2. The Kier molecular flexibility index (Phi) is 13.5. The summed E-state index contributed by atoms with van der Waals surface area (Å²) >= 11 is 6.80. The lowest BCUT2D eigenvalue weighted by atomic mass is 9.80. The van der Waals surface area contributed by atoms with Crippen LogP contribution >= 0.6 is 11.6 Å². The Morgan fingerprint density at radius 1 is 0.685 bits per heavy atom. The molecule has 10 heteroatoms. The van der Waals surface area contributed by atoms with Crippen LogP contribution < -0.4 is 4.74 Å². The van der Waals surface area contributed by atoms with Gasteiger partial charge in [-0.3, -0.25) is 0 Å². The van der Waals surface area contributed by atoms with Crippen molar-refractivity contribution >= 4 is 11.6 Å². The van der Waals surface area contributed by atoms with Gasteiger partial charge in [0.05, 0.1) is 39.6 Å². The van der Waals surface area contributed by atoms with E-state index < -0.39 is 48.7 Å². The number of hydrogen-bond acceptors (Lipinski definition) is 8. The number of rotatable bonds is 17. The lowest BCUT2D eigenvalue weighted by Gasteiger charge is -2.56. The second kappa shape index (κ2) is 18.4. The van der Waals surface area contributed by atoms with Crippen LogP contribution in [-0.2, 0) is 55.7 Å². The summed E-state index contributed by atoms with van der Waals surface area (Å²) in [5.74, 6) is -2.09. The van der Waals surface area contributed by atoms with Gasteiger partial charge in [-0.1, -0.05) is 115 Å². The van der Waals surface area contributed by atoms with E-state index in [-0.39, 0.29) is 32.0 Å². The van der Waals surface area contributed by atoms with Crippen LogP contribution in [0.4, 0.5) is 4.39 Å². The molecule has 0 bridgehead atoms. The molecule has 1 heterocycles. The van der Waals surface area contributed by atoms with Crippen LogP contribution in [0.25, 0.3) is 0 Å². The van der Waals surface area contributed by atoms with Gasteiger partial charge in [-0.2, -0.15) is 0 Å². The third-order valence-corrected chi connectivity index (χ3v) is 10.0. The highest BCUT2D eigenvalue weighted by atomic mass is 35.5. The largest absolute Gasteiger partial charge is 0.491 e. The highest BCUT2D eigenvalue weighted by Gasteiger charge is 2.64. The Bertz CT molecular complexity index is 1910. The van der Waals surface area contributed by atoms with Crippen molar-refractivity contribution in [2.24, 2.45) is 0 Å². The van der Waals surface area contributed by atoms with Crippen molar-refractivity contribution in [1.29, 1.82) is 0 Å². The monoisotopic (exact) mass is 756 g/mol. The van der Waals surface area contributed by atoms with E-state index in [1.54, 1.807) is 31.2 Å². The van der Waals surface area contributed by atoms with Crippen molar-refractivity contribution in [1.82, 2.24) is 0 Å². The summed E-state index contributed by atoms with van der Waals surface area (Å²) in [5, 5.41) is 22.8. The molecule has 1 aliphatic rings. The molecule has 0 aromatic heterocycles. The quantitative estimate of drug-likeness (QED) is 0.0994. The lowest BCUT2D eigenvalue weighted by Crippen LogP contribution is -2.72. The number of aliphatic hydroxyl groups excluding tert-OH is 2. The van der Waals surface area contributed by atoms with Crippen molar-refractivity contribution in [3.8, 4) is 5.75 Å². The first-order chi connectivity index (χ1) is 26.3. The van der Waals surface area contributed by atoms with Crippen molar-refractivity contribution in [2.45, 2.75) is 62.9 Å². The summed E-state index contributed by atoms with van der Waals surface area (Å²) in [6.07, 6.45) is -2.77. The van der Waals surface area contributed by atoms with E-state index in [0.29, 0.717) is 28.3 Å². The number of aliphatic hydroxyl groups is 2. The Hall–Kier alpha value is -4.16. The average molecular weight is 757 g/mol. The summed E-state index contributed by atoms with van der Waals surface area (Å²) in [6, 6.07) is 39.0. The number of ether oxygens (including phenoxy) is 6. The maximum Gasteiger partial charge on any atom is 0.225 e. The zero-order valence-corrected chi connectivity index (χ0v) is 31.2.